The van der Waals surface area contributed by atoms with Gasteiger partial charge >= 0.3 is 0 Å². The van der Waals surface area contributed by atoms with E-state index in [0.717, 1.165) is 48.2 Å². The molecule has 0 fully saturated rings. The van der Waals surface area contributed by atoms with E-state index < -0.39 is 10.0 Å². The Morgan fingerprint density at radius 1 is 1.00 bits per heavy atom. The number of aromatic nitrogens is 2. The van der Waals surface area contributed by atoms with E-state index >= 15 is 0 Å². The summed E-state index contributed by atoms with van der Waals surface area (Å²) < 4.78 is 30.1. The van der Waals surface area contributed by atoms with Crippen molar-refractivity contribution in [2.24, 2.45) is 0 Å². The summed E-state index contributed by atoms with van der Waals surface area (Å²) in [5, 5.41) is 5.32. The number of aryl methyl sites for hydroxylation is 1. The van der Waals surface area contributed by atoms with E-state index in [1.54, 1.807) is 16.8 Å². The van der Waals surface area contributed by atoms with Gasteiger partial charge in [-0.1, -0.05) is 41.9 Å². The van der Waals surface area contributed by atoms with Gasteiger partial charge in [-0.3, -0.25) is 4.72 Å². The van der Waals surface area contributed by atoms with Crippen molar-refractivity contribution in [3.8, 4) is 5.69 Å². The molecule has 1 N–H and O–H groups in total. The zero-order valence-corrected chi connectivity index (χ0v) is 16.3. The molecule has 0 unspecified atom stereocenters. The second-order valence-electron chi connectivity index (χ2n) is 6.72. The van der Waals surface area contributed by atoms with Gasteiger partial charge in [0, 0.05) is 10.6 Å². The Kier molecular flexibility index (Phi) is 4.93. The van der Waals surface area contributed by atoms with E-state index in [4.69, 9.17) is 11.6 Å². The van der Waals surface area contributed by atoms with E-state index in [-0.39, 0.29) is 5.75 Å². The van der Waals surface area contributed by atoms with Gasteiger partial charge in [0.1, 0.15) is 5.82 Å². The summed E-state index contributed by atoms with van der Waals surface area (Å²) in [5.74, 6) is 0.469. The third-order valence-corrected chi connectivity index (χ3v) is 6.15. The molecule has 1 aliphatic carbocycles. The van der Waals surface area contributed by atoms with Gasteiger partial charge in [-0.25, -0.2) is 13.1 Å². The number of anilines is 1. The third kappa shape index (κ3) is 4.01. The molecule has 7 heteroatoms. The first-order chi connectivity index (χ1) is 13.0. The normalized spacial score (nSPS) is 14.0. The van der Waals surface area contributed by atoms with Crippen LogP contribution in [0.1, 0.15) is 29.7 Å². The lowest BCUT2D eigenvalue weighted by molar-refractivity contribution is 0.600. The molecule has 140 valence electrons. The largest absolute Gasteiger partial charge is 0.267 e. The molecule has 0 saturated heterocycles. The summed E-state index contributed by atoms with van der Waals surface area (Å²) in [7, 11) is -3.57. The van der Waals surface area contributed by atoms with E-state index in [9.17, 15) is 8.42 Å². The number of fused-ring (bicyclic) bond motifs is 1. The highest BCUT2D eigenvalue weighted by Gasteiger charge is 2.25. The molecule has 0 bridgehead atoms. The minimum absolute atomic E-state index is 0.0750. The molecule has 5 nitrogen and oxygen atoms in total. The van der Waals surface area contributed by atoms with E-state index in [1.807, 2.05) is 42.5 Å². The van der Waals surface area contributed by atoms with Crippen molar-refractivity contribution >= 4 is 27.4 Å². The molecule has 1 heterocycles. The second-order valence-corrected chi connectivity index (χ2v) is 8.87. The molecular weight excluding hydrogens is 382 g/mol. The fourth-order valence-corrected chi connectivity index (χ4v) is 4.74. The van der Waals surface area contributed by atoms with E-state index in [0.29, 0.717) is 10.8 Å². The molecule has 0 atom stereocenters. The zero-order valence-electron chi connectivity index (χ0n) is 14.7. The molecule has 3 aromatic rings. The standard InChI is InChI=1S/C20H20ClN3O2S/c21-16-10-12-17(13-11-16)24-20(18-8-4-5-9-19(18)22-24)23-27(25,26)14-15-6-2-1-3-7-15/h1-3,6-7,10-13,23H,4-5,8-9,14H2. The SMILES string of the molecule is O=S(=O)(Cc1ccccc1)Nc1c2c(nn1-c1ccc(Cl)cc1)CCCC2. The van der Waals surface area contributed by atoms with Gasteiger partial charge in [0.15, 0.2) is 0 Å². The number of nitrogens with one attached hydrogen (secondary N) is 1. The summed E-state index contributed by atoms with van der Waals surface area (Å²) in [6.07, 6.45) is 3.79. The molecule has 2 aromatic carbocycles. The summed E-state index contributed by atoms with van der Waals surface area (Å²) in [6.45, 7) is 0. The Hall–Kier alpha value is -2.31. The first-order valence-corrected chi connectivity index (χ1v) is 11.0. The maximum Gasteiger partial charge on any atom is 0.238 e. The van der Waals surface area contributed by atoms with E-state index in [2.05, 4.69) is 9.82 Å². The highest BCUT2D eigenvalue weighted by atomic mass is 35.5. The molecular formula is C20H20ClN3O2S. The van der Waals surface area contributed by atoms with Crippen LogP contribution < -0.4 is 4.72 Å². The Labute approximate surface area is 164 Å². The number of sulfonamides is 1. The number of rotatable bonds is 5. The number of hydrogen-bond acceptors (Lipinski definition) is 3. The van der Waals surface area contributed by atoms with Crippen molar-refractivity contribution in [3.05, 3.63) is 76.4 Å². The summed E-state index contributed by atoms with van der Waals surface area (Å²) >= 11 is 6.00. The Morgan fingerprint density at radius 2 is 1.70 bits per heavy atom. The highest BCUT2D eigenvalue weighted by molar-refractivity contribution is 7.91. The highest BCUT2D eigenvalue weighted by Crippen LogP contribution is 2.31. The Morgan fingerprint density at radius 3 is 2.44 bits per heavy atom. The first-order valence-electron chi connectivity index (χ1n) is 8.93. The maximum absolute atomic E-state index is 12.8. The van der Waals surface area contributed by atoms with Crippen LogP contribution in [0.2, 0.25) is 5.02 Å². The lowest BCUT2D eigenvalue weighted by Crippen LogP contribution is -2.18. The average Bonchev–Trinajstić information content (AvgIpc) is 3.01. The molecule has 1 aliphatic rings. The molecule has 27 heavy (non-hydrogen) atoms. The van der Waals surface area contributed by atoms with Gasteiger partial charge in [-0.15, -0.1) is 0 Å². The predicted molar refractivity (Wildman–Crippen MR) is 108 cm³/mol. The molecule has 0 amide bonds. The van der Waals surface area contributed by atoms with Crippen LogP contribution in [0.3, 0.4) is 0 Å². The average molecular weight is 402 g/mol. The molecule has 4 rings (SSSR count). The third-order valence-electron chi connectivity index (χ3n) is 4.68. The van der Waals surface area contributed by atoms with Crippen LogP contribution in [0.5, 0.6) is 0 Å². The quantitative estimate of drug-likeness (QED) is 0.691. The number of nitrogens with zero attached hydrogens (tertiary/aromatic N) is 2. The van der Waals surface area contributed by atoms with Crippen LogP contribution in [0.15, 0.2) is 54.6 Å². The smallest absolute Gasteiger partial charge is 0.238 e. The van der Waals surface area contributed by atoms with Gasteiger partial charge in [0.2, 0.25) is 10.0 Å². The molecule has 0 aliphatic heterocycles. The first kappa shape index (κ1) is 18.1. The zero-order chi connectivity index (χ0) is 18.9. The van der Waals surface area contributed by atoms with Gasteiger partial charge in [0.25, 0.3) is 0 Å². The molecule has 1 aromatic heterocycles. The lowest BCUT2D eigenvalue weighted by Gasteiger charge is -2.14. The Bertz CT molecular complexity index is 1040. The Balaban J connectivity index is 1.72. The maximum atomic E-state index is 12.8. The fraction of sp³-hybridized carbons (Fsp3) is 0.250. The monoisotopic (exact) mass is 401 g/mol. The van der Waals surface area contributed by atoms with Crippen LogP contribution in [0.4, 0.5) is 5.82 Å². The topological polar surface area (TPSA) is 64.0 Å². The van der Waals surface area contributed by atoms with Gasteiger partial charge < -0.3 is 0 Å². The van der Waals surface area contributed by atoms with Crippen molar-refractivity contribution in [1.82, 2.24) is 9.78 Å². The summed E-state index contributed by atoms with van der Waals surface area (Å²) in [4.78, 5) is 0. The number of halogens is 1. The van der Waals surface area contributed by atoms with Crippen LogP contribution in [0.25, 0.3) is 5.69 Å². The van der Waals surface area contributed by atoms with Crippen molar-refractivity contribution in [1.29, 1.82) is 0 Å². The van der Waals surface area contributed by atoms with Crippen molar-refractivity contribution in [3.63, 3.8) is 0 Å². The van der Waals surface area contributed by atoms with Crippen LogP contribution in [-0.2, 0) is 28.6 Å². The van der Waals surface area contributed by atoms with Crippen LogP contribution in [0, 0.1) is 0 Å². The van der Waals surface area contributed by atoms with Crippen LogP contribution in [-0.4, -0.2) is 18.2 Å². The number of hydrogen-bond donors (Lipinski definition) is 1. The van der Waals surface area contributed by atoms with Gasteiger partial charge in [-0.2, -0.15) is 5.10 Å². The van der Waals surface area contributed by atoms with Crippen molar-refractivity contribution in [2.45, 2.75) is 31.4 Å². The van der Waals surface area contributed by atoms with Crippen molar-refractivity contribution in [2.75, 3.05) is 4.72 Å². The minimum atomic E-state index is -3.57. The van der Waals surface area contributed by atoms with Crippen LogP contribution >= 0.6 is 11.6 Å². The summed E-state index contributed by atoms with van der Waals surface area (Å²) in [6, 6.07) is 16.4. The fourth-order valence-electron chi connectivity index (χ4n) is 3.40. The molecule has 0 radical (unpaired) electrons. The van der Waals surface area contributed by atoms with Crippen molar-refractivity contribution < 1.29 is 8.42 Å². The van der Waals surface area contributed by atoms with E-state index in [1.165, 1.54) is 0 Å². The van der Waals surface area contributed by atoms with Gasteiger partial charge in [-0.05, 0) is 55.5 Å². The van der Waals surface area contributed by atoms with Gasteiger partial charge in [0.05, 0.1) is 17.1 Å². The summed E-state index contributed by atoms with van der Waals surface area (Å²) in [5.41, 5.74) is 3.49. The second kappa shape index (κ2) is 7.37. The molecule has 0 spiro atoms. The number of benzene rings is 2. The lowest BCUT2D eigenvalue weighted by atomic mass is 9.98. The minimum Gasteiger partial charge on any atom is -0.267 e. The molecule has 0 saturated carbocycles. The predicted octanol–water partition coefficient (Wildman–Crippen LogP) is 4.35.